The molecule has 1 amide bonds. The van der Waals surface area contributed by atoms with Crippen LogP contribution in [-0.2, 0) is 4.79 Å². The molecule has 0 saturated heterocycles. The second-order valence-electron chi connectivity index (χ2n) is 4.98. The van der Waals surface area contributed by atoms with Crippen molar-refractivity contribution in [1.29, 1.82) is 0 Å². The fraction of sp³-hybridized carbons (Fsp3) is 0.235. The summed E-state index contributed by atoms with van der Waals surface area (Å²) in [7, 11) is 0. The summed E-state index contributed by atoms with van der Waals surface area (Å²) in [6.07, 6.45) is 0. The molecule has 2 rings (SSSR count). The van der Waals surface area contributed by atoms with Crippen LogP contribution < -0.4 is 10.1 Å². The minimum atomic E-state index is -0.165. The number of carbonyl (C=O) groups excluding carboxylic acids is 1. The standard InChI is InChI=1S/C17H17BrClNO2/c1-12(13-5-3-2-4-6-13)10-20-17(21)11-22-16-8-7-14(18)9-15(16)19/h2-9,12H,10-11H2,1H3,(H,20,21)/t12-/m1/s1. The fourth-order valence-electron chi connectivity index (χ4n) is 1.95. The van der Waals surface area contributed by atoms with E-state index in [1.54, 1.807) is 12.1 Å². The quantitative estimate of drug-likeness (QED) is 0.804. The van der Waals surface area contributed by atoms with E-state index in [2.05, 4.69) is 40.3 Å². The minimum Gasteiger partial charge on any atom is -0.482 e. The average molecular weight is 383 g/mol. The predicted molar refractivity (Wildman–Crippen MR) is 92.5 cm³/mol. The largest absolute Gasteiger partial charge is 0.482 e. The van der Waals surface area contributed by atoms with Crippen LogP contribution in [0.5, 0.6) is 5.75 Å². The Morgan fingerprint density at radius 2 is 2.00 bits per heavy atom. The molecule has 1 atom stereocenters. The minimum absolute atomic E-state index is 0.0527. The molecule has 116 valence electrons. The third kappa shape index (κ3) is 5.04. The van der Waals surface area contributed by atoms with Gasteiger partial charge in [-0.2, -0.15) is 0 Å². The van der Waals surface area contributed by atoms with E-state index in [1.165, 1.54) is 5.56 Å². The average Bonchev–Trinajstić information content (AvgIpc) is 2.52. The van der Waals surface area contributed by atoms with Crippen molar-refractivity contribution >= 4 is 33.4 Å². The van der Waals surface area contributed by atoms with Crippen molar-refractivity contribution in [3.8, 4) is 5.75 Å². The van der Waals surface area contributed by atoms with Gasteiger partial charge in [0, 0.05) is 11.0 Å². The maximum atomic E-state index is 11.8. The highest BCUT2D eigenvalue weighted by Crippen LogP contribution is 2.27. The Bertz CT molecular complexity index is 634. The van der Waals surface area contributed by atoms with Gasteiger partial charge in [0.15, 0.2) is 6.61 Å². The first-order chi connectivity index (χ1) is 10.6. The molecule has 0 aliphatic carbocycles. The van der Waals surface area contributed by atoms with Gasteiger partial charge in [-0.1, -0.05) is 64.8 Å². The Morgan fingerprint density at radius 1 is 1.27 bits per heavy atom. The number of hydrogen-bond acceptors (Lipinski definition) is 2. The lowest BCUT2D eigenvalue weighted by atomic mass is 10.0. The Kier molecular flexibility index (Phi) is 6.28. The van der Waals surface area contributed by atoms with E-state index in [0.29, 0.717) is 17.3 Å². The SMILES string of the molecule is C[C@H](CNC(=O)COc1ccc(Br)cc1Cl)c1ccccc1. The number of ether oxygens (including phenoxy) is 1. The molecule has 1 N–H and O–H groups in total. The molecular formula is C17H17BrClNO2. The number of hydrogen-bond donors (Lipinski definition) is 1. The van der Waals surface area contributed by atoms with Gasteiger partial charge < -0.3 is 10.1 Å². The first-order valence-electron chi connectivity index (χ1n) is 6.95. The van der Waals surface area contributed by atoms with Gasteiger partial charge >= 0.3 is 0 Å². The highest BCUT2D eigenvalue weighted by molar-refractivity contribution is 9.10. The van der Waals surface area contributed by atoms with Gasteiger partial charge in [0.1, 0.15) is 5.75 Å². The van der Waals surface area contributed by atoms with E-state index in [0.717, 1.165) is 4.47 Å². The number of rotatable bonds is 6. The van der Waals surface area contributed by atoms with Gasteiger partial charge in [0.05, 0.1) is 5.02 Å². The zero-order valence-electron chi connectivity index (χ0n) is 12.2. The number of benzene rings is 2. The summed E-state index contributed by atoms with van der Waals surface area (Å²) >= 11 is 9.35. The summed E-state index contributed by atoms with van der Waals surface area (Å²) in [6, 6.07) is 15.3. The molecule has 0 fully saturated rings. The molecule has 2 aromatic carbocycles. The highest BCUT2D eigenvalue weighted by Gasteiger charge is 2.09. The van der Waals surface area contributed by atoms with Gasteiger partial charge in [-0.25, -0.2) is 0 Å². The van der Waals surface area contributed by atoms with Crippen molar-refractivity contribution in [2.45, 2.75) is 12.8 Å². The van der Waals surface area contributed by atoms with Gasteiger partial charge in [0.25, 0.3) is 5.91 Å². The van der Waals surface area contributed by atoms with Crippen molar-refractivity contribution in [3.05, 3.63) is 63.6 Å². The van der Waals surface area contributed by atoms with Gasteiger partial charge in [-0.15, -0.1) is 0 Å². The molecule has 0 aliphatic rings. The molecule has 5 heteroatoms. The summed E-state index contributed by atoms with van der Waals surface area (Å²) in [6.45, 7) is 2.59. The van der Waals surface area contributed by atoms with Crippen LogP contribution in [-0.4, -0.2) is 19.1 Å². The van der Waals surface area contributed by atoms with Crippen LogP contribution in [0.25, 0.3) is 0 Å². The van der Waals surface area contributed by atoms with Crippen molar-refractivity contribution < 1.29 is 9.53 Å². The number of amides is 1. The topological polar surface area (TPSA) is 38.3 Å². The van der Waals surface area contributed by atoms with E-state index in [1.807, 2.05) is 24.3 Å². The molecule has 0 spiro atoms. The van der Waals surface area contributed by atoms with Crippen LogP contribution in [0, 0.1) is 0 Å². The van der Waals surface area contributed by atoms with Crippen LogP contribution in [0.15, 0.2) is 53.0 Å². The molecule has 0 saturated carbocycles. The first-order valence-corrected chi connectivity index (χ1v) is 8.13. The van der Waals surface area contributed by atoms with E-state index < -0.39 is 0 Å². The van der Waals surface area contributed by atoms with Gasteiger partial charge in [-0.05, 0) is 29.7 Å². The smallest absolute Gasteiger partial charge is 0.257 e. The van der Waals surface area contributed by atoms with Crippen molar-refractivity contribution in [3.63, 3.8) is 0 Å². The molecule has 0 aliphatic heterocycles. The third-order valence-corrected chi connectivity index (χ3v) is 4.02. The maximum Gasteiger partial charge on any atom is 0.257 e. The molecule has 0 radical (unpaired) electrons. The molecule has 0 heterocycles. The van der Waals surface area contributed by atoms with E-state index in [-0.39, 0.29) is 18.4 Å². The highest BCUT2D eigenvalue weighted by atomic mass is 79.9. The van der Waals surface area contributed by atoms with E-state index in [9.17, 15) is 4.79 Å². The van der Waals surface area contributed by atoms with E-state index in [4.69, 9.17) is 16.3 Å². The van der Waals surface area contributed by atoms with Crippen LogP contribution in [0.1, 0.15) is 18.4 Å². The number of nitrogens with one attached hydrogen (secondary N) is 1. The second kappa shape index (κ2) is 8.20. The predicted octanol–water partition coefficient (Wildman–Crippen LogP) is 4.40. The fourth-order valence-corrected chi connectivity index (χ4v) is 2.68. The Morgan fingerprint density at radius 3 is 2.68 bits per heavy atom. The zero-order valence-corrected chi connectivity index (χ0v) is 14.5. The Balaban J connectivity index is 1.78. The van der Waals surface area contributed by atoms with Crippen LogP contribution in [0.4, 0.5) is 0 Å². The summed E-state index contributed by atoms with van der Waals surface area (Å²) in [4.78, 5) is 11.8. The number of halogens is 2. The summed E-state index contributed by atoms with van der Waals surface area (Å²) < 4.78 is 6.29. The molecular weight excluding hydrogens is 366 g/mol. The first kappa shape index (κ1) is 16.8. The van der Waals surface area contributed by atoms with Gasteiger partial charge in [0.2, 0.25) is 0 Å². The van der Waals surface area contributed by atoms with Crippen LogP contribution in [0.3, 0.4) is 0 Å². The summed E-state index contributed by atoms with van der Waals surface area (Å²) in [5.41, 5.74) is 1.19. The molecule has 0 aromatic heterocycles. The Hall–Kier alpha value is -1.52. The van der Waals surface area contributed by atoms with Crippen LogP contribution >= 0.6 is 27.5 Å². The van der Waals surface area contributed by atoms with E-state index >= 15 is 0 Å². The molecule has 0 unspecified atom stereocenters. The summed E-state index contributed by atoms with van der Waals surface area (Å²) in [5.74, 6) is 0.583. The van der Waals surface area contributed by atoms with Crippen molar-refractivity contribution in [1.82, 2.24) is 5.32 Å². The zero-order chi connectivity index (χ0) is 15.9. The lowest BCUT2D eigenvalue weighted by Gasteiger charge is -2.13. The van der Waals surface area contributed by atoms with Crippen LogP contribution in [0.2, 0.25) is 5.02 Å². The molecule has 0 bridgehead atoms. The maximum absolute atomic E-state index is 11.8. The Labute approximate surface area is 143 Å². The third-order valence-electron chi connectivity index (χ3n) is 3.23. The second-order valence-corrected chi connectivity index (χ2v) is 6.30. The lowest BCUT2D eigenvalue weighted by molar-refractivity contribution is -0.123. The molecule has 2 aromatic rings. The molecule has 22 heavy (non-hydrogen) atoms. The van der Waals surface area contributed by atoms with Crippen molar-refractivity contribution in [2.24, 2.45) is 0 Å². The normalized spacial score (nSPS) is 11.8. The van der Waals surface area contributed by atoms with Gasteiger partial charge in [-0.3, -0.25) is 4.79 Å². The lowest BCUT2D eigenvalue weighted by Crippen LogP contribution is -2.31. The molecule has 3 nitrogen and oxygen atoms in total. The van der Waals surface area contributed by atoms with Crippen molar-refractivity contribution in [2.75, 3.05) is 13.2 Å². The number of carbonyl (C=O) groups is 1. The summed E-state index contributed by atoms with van der Waals surface area (Å²) in [5, 5.41) is 3.34. The monoisotopic (exact) mass is 381 g/mol.